The first-order chi connectivity index (χ1) is 9.65. The Morgan fingerprint density at radius 3 is 2.86 bits per heavy atom. The van der Waals surface area contributed by atoms with E-state index < -0.39 is 0 Å². The Balaban J connectivity index is 0.00000220. The van der Waals surface area contributed by atoms with Gasteiger partial charge in [0.15, 0.2) is 11.3 Å². The van der Waals surface area contributed by atoms with Gasteiger partial charge in [-0.2, -0.15) is 0 Å². The zero-order valence-corrected chi connectivity index (χ0v) is 13.3. The maximum atomic E-state index is 11.6. The van der Waals surface area contributed by atoms with Crippen LogP contribution in [-0.2, 0) is 4.79 Å². The van der Waals surface area contributed by atoms with Crippen molar-refractivity contribution in [1.82, 2.24) is 10.6 Å². The number of rotatable bonds is 6. The van der Waals surface area contributed by atoms with E-state index in [-0.39, 0.29) is 30.9 Å². The lowest BCUT2D eigenvalue weighted by molar-refractivity contribution is -0.120. The summed E-state index contributed by atoms with van der Waals surface area (Å²) in [5, 5.41) is 6.66. The Kier molecular flexibility index (Phi) is 6.52. The van der Waals surface area contributed by atoms with E-state index in [0.717, 1.165) is 22.5 Å². The fraction of sp³-hybridized carbons (Fsp3) is 0.400. The van der Waals surface area contributed by atoms with Crippen molar-refractivity contribution in [2.75, 3.05) is 20.2 Å². The lowest BCUT2D eigenvalue weighted by Crippen LogP contribution is -2.33. The van der Waals surface area contributed by atoms with Gasteiger partial charge in [-0.05, 0) is 33.0 Å². The number of furan rings is 1. The monoisotopic (exact) mass is 312 g/mol. The van der Waals surface area contributed by atoms with Crippen LogP contribution in [0, 0.1) is 0 Å². The number of benzene rings is 1. The maximum absolute atomic E-state index is 11.6. The summed E-state index contributed by atoms with van der Waals surface area (Å²) in [5.41, 5.74) is 0.721. The number of hydrogen-bond donors (Lipinski definition) is 2. The number of carbonyl (C=O) groups excluding carboxylic acids is 1. The van der Waals surface area contributed by atoms with Gasteiger partial charge in [0.2, 0.25) is 5.91 Å². The van der Waals surface area contributed by atoms with Gasteiger partial charge in [-0.15, -0.1) is 12.4 Å². The molecule has 6 heteroatoms. The highest BCUT2D eigenvalue weighted by Crippen LogP contribution is 2.31. The summed E-state index contributed by atoms with van der Waals surface area (Å²) in [6.07, 6.45) is 0. The summed E-state index contributed by atoms with van der Waals surface area (Å²) in [6, 6.07) is 7.52. The third-order valence-corrected chi connectivity index (χ3v) is 2.97. The molecule has 5 nitrogen and oxygen atoms in total. The summed E-state index contributed by atoms with van der Waals surface area (Å²) in [5.74, 6) is 1.38. The number of fused-ring (bicyclic) bond motifs is 1. The molecule has 1 heterocycles. The van der Waals surface area contributed by atoms with Gasteiger partial charge in [0.1, 0.15) is 5.76 Å². The molecule has 0 saturated carbocycles. The van der Waals surface area contributed by atoms with Gasteiger partial charge >= 0.3 is 0 Å². The summed E-state index contributed by atoms with van der Waals surface area (Å²) >= 11 is 0. The minimum Gasteiger partial charge on any atom is -0.490 e. The van der Waals surface area contributed by atoms with Crippen LogP contribution < -0.4 is 15.4 Å². The second-order valence-corrected chi connectivity index (χ2v) is 4.58. The normalized spacial score (nSPS) is 11.8. The number of nitrogens with one attached hydrogen (secondary N) is 2. The Labute approximate surface area is 130 Å². The Bertz CT molecular complexity index is 598. The molecule has 2 N–H and O–H groups in total. The SMILES string of the molecule is CCOc1cccc2cc(C(C)NC(=O)CNC)oc12.Cl. The lowest BCUT2D eigenvalue weighted by atomic mass is 10.2. The Morgan fingerprint density at radius 2 is 2.19 bits per heavy atom. The van der Waals surface area contributed by atoms with Crippen LogP contribution in [0.4, 0.5) is 0 Å². The van der Waals surface area contributed by atoms with E-state index >= 15 is 0 Å². The minimum atomic E-state index is -0.183. The second kappa shape index (κ2) is 7.90. The number of ether oxygens (including phenoxy) is 1. The number of hydrogen-bond acceptors (Lipinski definition) is 4. The van der Waals surface area contributed by atoms with Crippen molar-refractivity contribution in [3.05, 3.63) is 30.0 Å². The van der Waals surface area contributed by atoms with Crippen LogP contribution in [-0.4, -0.2) is 26.1 Å². The average Bonchev–Trinajstić information content (AvgIpc) is 2.84. The van der Waals surface area contributed by atoms with Crippen LogP contribution in [0.2, 0.25) is 0 Å². The highest BCUT2D eigenvalue weighted by molar-refractivity contribution is 5.85. The topological polar surface area (TPSA) is 63.5 Å². The van der Waals surface area contributed by atoms with Gasteiger partial charge in [0.05, 0.1) is 19.2 Å². The summed E-state index contributed by atoms with van der Waals surface area (Å²) in [7, 11) is 1.74. The van der Waals surface area contributed by atoms with Crippen LogP contribution in [0.25, 0.3) is 11.0 Å². The molecule has 0 bridgehead atoms. The summed E-state index contributed by atoms with van der Waals surface area (Å²) in [6.45, 7) is 4.70. The number of amides is 1. The zero-order chi connectivity index (χ0) is 14.5. The van der Waals surface area contributed by atoms with Crippen molar-refractivity contribution in [2.24, 2.45) is 0 Å². The van der Waals surface area contributed by atoms with Crippen LogP contribution >= 0.6 is 12.4 Å². The molecule has 21 heavy (non-hydrogen) atoms. The quantitative estimate of drug-likeness (QED) is 0.860. The minimum absolute atomic E-state index is 0. The molecule has 1 atom stereocenters. The predicted octanol–water partition coefficient (Wildman–Crippen LogP) is 2.65. The van der Waals surface area contributed by atoms with E-state index in [9.17, 15) is 4.79 Å². The largest absolute Gasteiger partial charge is 0.490 e. The van der Waals surface area contributed by atoms with Crippen molar-refractivity contribution in [2.45, 2.75) is 19.9 Å². The number of para-hydroxylation sites is 1. The molecule has 1 aromatic carbocycles. The molecule has 1 unspecified atom stereocenters. The van der Waals surface area contributed by atoms with E-state index in [0.29, 0.717) is 6.61 Å². The third kappa shape index (κ3) is 4.12. The summed E-state index contributed by atoms with van der Waals surface area (Å²) < 4.78 is 11.4. The van der Waals surface area contributed by atoms with Gasteiger partial charge in [0.25, 0.3) is 0 Å². The molecule has 116 valence electrons. The van der Waals surface area contributed by atoms with Crippen molar-refractivity contribution >= 4 is 29.3 Å². The fourth-order valence-corrected chi connectivity index (χ4v) is 2.06. The first-order valence-corrected chi connectivity index (χ1v) is 6.75. The van der Waals surface area contributed by atoms with Crippen molar-refractivity contribution in [3.63, 3.8) is 0 Å². The van der Waals surface area contributed by atoms with Gasteiger partial charge in [0, 0.05) is 5.39 Å². The van der Waals surface area contributed by atoms with Crippen molar-refractivity contribution < 1.29 is 13.9 Å². The number of halogens is 1. The predicted molar refractivity (Wildman–Crippen MR) is 85.1 cm³/mol. The molecular formula is C15H21ClN2O3. The van der Waals surface area contributed by atoms with Gasteiger partial charge < -0.3 is 19.8 Å². The molecule has 0 fully saturated rings. The summed E-state index contributed by atoms with van der Waals surface area (Å²) in [4.78, 5) is 11.6. The Morgan fingerprint density at radius 1 is 1.43 bits per heavy atom. The van der Waals surface area contributed by atoms with Gasteiger partial charge in [-0.3, -0.25) is 4.79 Å². The fourth-order valence-electron chi connectivity index (χ4n) is 2.06. The van der Waals surface area contributed by atoms with Crippen LogP contribution in [0.1, 0.15) is 25.6 Å². The third-order valence-electron chi connectivity index (χ3n) is 2.97. The average molecular weight is 313 g/mol. The van der Waals surface area contributed by atoms with E-state index in [4.69, 9.17) is 9.15 Å². The molecule has 0 spiro atoms. The molecule has 2 aromatic rings. The van der Waals surface area contributed by atoms with Crippen molar-refractivity contribution in [3.8, 4) is 5.75 Å². The molecule has 1 amide bonds. The van der Waals surface area contributed by atoms with Gasteiger partial charge in [-0.25, -0.2) is 0 Å². The number of carbonyl (C=O) groups is 1. The first-order valence-electron chi connectivity index (χ1n) is 6.75. The maximum Gasteiger partial charge on any atom is 0.234 e. The highest BCUT2D eigenvalue weighted by atomic mass is 35.5. The van der Waals surface area contributed by atoms with Crippen LogP contribution in [0.15, 0.2) is 28.7 Å². The molecule has 0 saturated heterocycles. The molecule has 1 aromatic heterocycles. The van der Waals surface area contributed by atoms with Gasteiger partial charge in [-0.1, -0.05) is 12.1 Å². The zero-order valence-electron chi connectivity index (χ0n) is 12.4. The van der Waals surface area contributed by atoms with Crippen molar-refractivity contribution in [1.29, 1.82) is 0 Å². The first kappa shape index (κ1) is 17.3. The highest BCUT2D eigenvalue weighted by Gasteiger charge is 2.15. The molecule has 0 aliphatic carbocycles. The van der Waals surface area contributed by atoms with E-state index in [1.165, 1.54) is 0 Å². The molecule has 0 aliphatic rings. The standard InChI is InChI=1S/C15H20N2O3.ClH/c1-4-19-12-7-5-6-11-8-13(20-15(11)12)10(2)17-14(18)9-16-3;/h5-8,10,16H,4,9H2,1-3H3,(H,17,18);1H. The van der Waals surface area contributed by atoms with E-state index in [2.05, 4.69) is 10.6 Å². The van der Waals surface area contributed by atoms with E-state index in [1.54, 1.807) is 7.05 Å². The molecule has 2 rings (SSSR count). The second-order valence-electron chi connectivity index (χ2n) is 4.58. The van der Waals surface area contributed by atoms with E-state index in [1.807, 2.05) is 38.1 Å². The van der Waals surface area contributed by atoms with Crippen LogP contribution in [0.5, 0.6) is 5.75 Å². The lowest BCUT2D eigenvalue weighted by Gasteiger charge is -2.10. The molecule has 0 radical (unpaired) electrons. The van der Waals surface area contributed by atoms with Crippen LogP contribution in [0.3, 0.4) is 0 Å². The molecular weight excluding hydrogens is 292 g/mol. The smallest absolute Gasteiger partial charge is 0.234 e. The Hall–Kier alpha value is -1.72. The molecule has 0 aliphatic heterocycles. The number of likely N-dealkylation sites (N-methyl/N-ethyl adjacent to an activating group) is 1.